The Morgan fingerprint density at radius 2 is 0.824 bits per heavy atom. The maximum atomic E-state index is 6.07. The molecule has 0 saturated carbocycles. The summed E-state index contributed by atoms with van der Waals surface area (Å²) < 4.78 is 17.0. The molecule has 0 aromatic rings. The van der Waals surface area contributed by atoms with Crippen LogP contribution in [0.2, 0.25) is 0 Å². The van der Waals surface area contributed by atoms with Crippen molar-refractivity contribution in [2.75, 3.05) is 26.2 Å². The summed E-state index contributed by atoms with van der Waals surface area (Å²) in [4.78, 5) is 0. The zero-order valence-electron chi connectivity index (χ0n) is 8.84. The van der Waals surface area contributed by atoms with Gasteiger partial charge in [0.05, 0.1) is 0 Å². The number of rotatable bonds is 0. The van der Waals surface area contributed by atoms with Crippen molar-refractivity contribution in [3.05, 3.63) is 14.2 Å². The Labute approximate surface area is 137 Å². The van der Waals surface area contributed by atoms with Crippen LogP contribution in [0.5, 0.6) is 0 Å². The van der Waals surface area contributed by atoms with Crippen molar-refractivity contribution < 1.29 is 17.1 Å². The van der Waals surface area contributed by atoms with Gasteiger partial charge in [-0.2, -0.15) is 0 Å². The van der Waals surface area contributed by atoms with Gasteiger partial charge in [0.25, 0.3) is 0 Å². The molecule has 105 valence electrons. The predicted octanol–water partition coefficient (Wildman–Crippen LogP) is 4.10. The van der Waals surface area contributed by atoms with Crippen molar-refractivity contribution in [1.82, 2.24) is 0 Å². The topological polar surface area (TPSA) is 56.4 Å². The average molecular weight is 583 g/mol. The van der Waals surface area contributed by atoms with Gasteiger partial charge in [0.15, 0.2) is 0 Å². The van der Waals surface area contributed by atoms with Crippen LogP contribution in [0.25, 0.3) is 14.2 Å². The first-order chi connectivity index (χ1) is 7.41. The summed E-state index contributed by atoms with van der Waals surface area (Å²) in [5.74, 6) is 0. The molecule has 17 heavy (non-hydrogen) atoms. The second-order valence-corrected chi connectivity index (χ2v) is 29.4. The molecule has 4 nitrogen and oxygen atoms in total. The molecule has 0 N–H and O–H groups in total. The summed E-state index contributed by atoms with van der Waals surface area (Å²) >= 11 is -6.92. The minimum atomic E-state index is -3.46. The molecule has 0 bridgehead atoms. The molecule has 1 fully saturated rings. The molecule has 1 aliphatic heterocycles. The third-order valence-electron chi connectivity index (χ3n) is 1.84. The summed E-state index contributed by atoms with van der Waals surface area (Å²) in [7, 11) is 24.3. The summed E-state index contributed by atoms with van der Waals surface area (Å²) in [6, 6.07) is 0. The molecule has 0 aromatic heterocycles. The Balaban J connectivity index is 0.00000256. The fourth-order valence-electron chi connectivity index (χ4n) is 1.10. The van der Waals surface area contributed by atoms with Gasteiger partial charge in [-0.05, 0) is 0 Å². The first kappa shape index (κ1) is 20.1. The van der Waals surface area contributed by atoms with E-state index in [4.69, 9.17) is 35.7 Å². The third kappa shape index (κ3) is 10.5. The van der Waals surface area contributed by atoms with E-state index in [1.165, 1.54) is 0 Å². The molecule has 0 spiro atoms. The minimum absolute atomic E-state index is 0. The van der Waals surface area contributed by atoms with Gasteiger partial charge in [0.1, 0.15) is 0 Å². The Bertz CT molecular complexity index is 186. The van der Waals surface area contributed by atoms with Crippen molar-refractivity contribution >= 4 is 69.0 Å². The smallest absolute Gasteiger partial charge is 2.00 e. The molecule has 1 radical (unpaired) electrons. The first-order valence-corrected chi connectivity index (χ1v) is 24.5. The van der Waals surface area contributed by atoms with Crippen LogP contribution < -0.4 is 0 Å². The van der Waals surface area contributed by atoms with E-state index in [9.17, 15) is 0 Å². The number of hydrogen-bond donors (Lipinski definition) is 0. The number of nitrogens with zero attached hydrogens (tertiary/aromatic N) is 4. The largest absolute Gasteiger partial charge is 2.00 e. The summed E-state index contributed by atoms with van der Waals surface area (Å²) in [6.07, 6.45) is 1.53. The van der Waals surface area contributed by atoms with Crippen LogP contribution in [0.15, 0.2) is 0 Å². The number of halogens is 4. The third-order valence-corrected chi connectivity index (χ3v) is 15.2. The molecular weight excluding hydrogens is 571 g/mol. The molecule has 0 aliphatic carbocycles. The van der Waals surface area contributed by atoms with E-state index >= 15 is 0 Å². The van der Waals surface area contributed by atoms with Gasteiger partial charge < -0.3 is 0 Å². The van der Waals surface area contributed by atoms with Crippen molar-refractivity contribution in [2.24, 2.45) is 0 Å². The molecule has 1 heterocycles. The van der Waals surface area contributed by atoms with Crippen LogP contribution in [0, 0.1) is 0 Å². The van der Waals surface area contributed by atoms with Gasteiger partial charge in [-0.1, -0.05) is 0 Å². The van der Waals surface area contributed by atoms with Crippen LogP contribution in [0.1, 0.15) is 12.8 Å². The Morgan fingerprint density at radius 3 is 1.06 bits per heavy atom. The second kappa shape index (κ2) is 9.95. The van der Waals surface area contributed by atoms with Crippen molar-refractivity contribution in [1.29, 1.82) is 0 Å². The van der Waals surface area contributed by atoms with Gasteiger partial charge in [0.2, 0.25) is 0 Å². The SMILES string of the molecule is [Cl][Sn]1([Cl])[N-]CCC[N-][Sn]([Cl])([Cl])[N-]CCC[N-]1.[Cu+2]. The molecule has 1 aliphatic rings. The second-order valence-electron chi connectivity index (χ2n) is 3.25. The van der Waals surface area contributed by atoms with Crippen molar-refractivity contribution in [2.45, 2.75) is 12.8 Å². The first-order valence-electron chi connectivity index (χ1n) is 4.92. The number of hydrogen-bond acceptors (Lipinski definition) is 0. The molecule has 11 heteroatoms. The quantitative estimate of drug-likeness (QED) is 0.387. The normalized spacial score (nSPS) is 26.1. The van der Waals surface area contributed by atoms with Crippen LogP contribution in [-0.2, 0) is 17.1 Å². The molecule has 0 aromatic carbocycles. The maximum Gasteiger partial charge on any atom is 2.00 e. The van der Waals surface area contributed by atoms with Crippen LogP contribution in [0.3, 0.4) is 0 Å². The minimum Gasteiger partial charge on any atom is 2.00 e. The van der Waals surface area contributed by atoms with Crippen LogP contribution in [0.4, 0.5) is 0 Å². The Hall–Kier alpha value is 3.12. The Morgan fingerprint density at radius 1 is 0.588 bits per heavy atom. The van der Waals surface area contributed by atoms with E-state index < -0.39 is 33.3 Å². The van der Waals surface area contributed by atoms with Gasteiger partial charge in [-0.15, -0.1) is 0 Å². The van der Waals surface area contributed by atoms with E-state index in [0.29, 0.717) is 26.2 Å². The van der Waals surface area contributed by atoms with Crippen LogP contribution >= 0.6 is 35.7 Å². The maximum absolute atomic E-state index is 6.07. The van der Waals surface area contributed by atoms with Gasteiger partial charge in [-0.25, -0.2) is 0 Å². The predicted molar refractivity (Wildman–Crippen MR) is 77.1 cm³/mol. The zero-order valence-corrected chi connectivity index (χ0v) is 18.5. The van der Waals surface area contributed by atoms with E-state index in [1.807, 2.05) is 0 Å². The van der Waals surface area contributed by atoms with Gasteiger partial charge in [0, 0.05) is 0 Å². The summed E-state index contributed by atoms with van der Waals surface area (Å²) in [6.45, 7) is 2.36. The monoisotopic (exact) mass is 583 g/mol. The van der Waals surface area contributed by atoms with Crippen LogP contribution in [-0.4, -0.2) is 59.5 Å². The van der Waals surface area contributed by atoms with E-state index in [0.717, 1.165) is 12.8 Å². The summed E-state index contributed by atoms with van der Waals surface area (Å²) in [5.41, 5.74) is 0. The zero-order chi connectivity index (χ0) is 12.1. The molecular formula is C6H12Cl4CuN4Sn2-2. The molecule has 0 unspecified atom stereocenters. The average Bonchev–Trinajstić information content (AvgIpc) is 2.14. The fraction of sp³-hybridized carbons (Fsp3) is 1.00. The summed E-state index contributed by atoms with van der Waals surface area (Å²) in [5, 5.41) is 0. The Kier molecular flexibility index (Phi) is 11.8. The van der Waals surface area contributed by atoms with Crippen molar-refractivity contribution in [3.63, 3.8) is 0 Å². The molecule has 0 atom stereocenters. The molecule has 1 saturated heterocycles. The van der Waals surface area contributed by atoms with E-state index in [2.05, 4.69) is 14.2 Å². The molecule has 1 rings (SSSR count). The standard InChI is InChI=1S/2C3H6N2.4ClH.Cu.2Sn/c2*4-2-1-3-5;;;;;;;/h2*1-3H2;4*1H;;;/q2*-2;;;;;3*+2/p-4. The van der Waals surface area contributed by atoms with Gasteiger partial charge in [-0.3, -0.25) is 0 Å². The van der Waals surface area contributed by atoms with E-state index in [-0.39, 0.29) is 17.1 Å². The molecule has 0 amide bonds. The van der Waals surface area contributed by atoms with E-state index in [1.54, 1.807) is 0 Å². The fourth-order valence-corrected chi connectivity index (χ4v) is 11.1. The van der Waals surface area contributed by atoms with Gasteiger partial charge >= 0.3 is 139 Å². The van der Waals surface area contributed by atoms with Crippen molar-refractivity contribution in [3.8, 4) is 0 Å².